The number of nitrogens with zero attached hydrogens (tertiary/aromatic N) is 4. The van der Waals surface area contributed by atoms with Crippen molar-refractivity contribution in [3.63, 3.8) is 0 Å². The van der Waals surface area contributed by atoms with Gasteiger partial charge in [-0.15, -0.1) is 21.5 Å². The smallest absolute Gasteiger partial charge is 0.346 e. The average Bonchev–Trinajstić information content (AvgIpc) is 3.36. The van der Waals surface area contributed by atoms with E-state index in [0.717, 1.165) is 17.0 Å². The standard InChI is InChI=1S/C18H12F3N5OS/c19-18(20,21)12-4-1-3-11(7-12)14-8-15(25-26-10-23-24-16(14)26)17(27)22-9-13-5-2-6-28-13/h1-8,10H,9H2,(H,22,27). The van der Waals surface area contributed by atoms with Crippen LogP contribution >= 0.6 is 11.3 Å². The van der Waals surface area contributed by atoms with E-state index in [0.29, 0.717) is 12.1 Å². The zero-order valence-electron chi connectivity index (χ0n) is 14.1. The number of carbonyl (C=O) groups excluding carboxylic acids is 1. The number of amides is 1. The molecule has 0 bridgehead atoms. The van der Waals surface area contributed by atoms with Crippen LogP contribution in [0.5, 0.6) is 0 Å². The Morgan fingerprint density at radius 3 is 2.79 bits per heavy atom. The zero-order chi connectivity index (χ0) is 19.7. The van der Waals surface area contributed by atoms with Crippen LogP contribution in [0.25, 0.3) is 16.8 Å². The number of aromatic nitrogens is 4. The van der Waals surface area contributed by atoms with Crippen molar-refractivity contribution in [3.8, 4) is 11.1 Å². The van der Waals surface area contributed by atoms with Gasteiger partial charge in [0.1, 0.15) is 12.0 Å². The first-order valence-corrected chi connectivity index (χ1v) is 8.99. The lowest BCUT2D eigenvalue weighted by molar-refractivity contribution is -0.137. The number of fused-ring (bicyclic) bond motifs is 1. The third-order valence-electron chi connectivity index (χ3n) is 4.00. The molecule has 0 aliphatic carbocycles. The van der Waals surface area contributed by atoms with Crippen LogP contribution in [0.2, 0.25) is 0 Å². The molecule has 1 aromatic carbocycles. The molecule has 28 heavy (non-hydrogen) atoms. The third kappa shape index (κ3) is 3.58. The summed E-state index contributed by atoms with van der Waals surface area (Å²) in [6, 6.07) is 10.0. The molecule has 3 aromatic heterocycles. The van der Waals surface area contributed by atoms with E-state index in [1.54, 1.807) is 0 Å². The molecule has 142 valence electrons. The molecule has 0 aliphatic heterocycles. The Labute approximate surface area is 160 Å². The van der Waals surface area contributed by atoms with Gasteiger partial charge in [-0.1, -0.05) is 18.2 Å². The van der Waals surface area contributed by atoms with Crippen LogP contribution in [-0.4, -0.2) is 25.7 Å². The van der Waals surface area contributed by atoms with Crippen molar-refractivity contribution >= 4 is 22.9 Å². The van der Waals surface area contributed by atoms with E-state index in [1.807, 2.05) is 17.5 Å². The van der Waals surface area contributed by atoms with Gasteiger partial charge < -0.3 is 5.32 Å². The Balaban J connectivity index is 1.72. The van der Waals surface area contributed by atoms with Gasteiger partial charge in [-0.3, -0.25) is 4.79 Å². The first kappa shape index (κ1) is 18.1. The largest absolute Gasteiger partial charge is 0.416 e. The summed E-state index contributed by atoms with van der Waals surface area (Å²) in [6.07, 6.45) is -3.18. The fourth-order valence-corrected chi connectivity index (χ4v) is 3.33. The maximum Gasteiger partial charge on any atom is 0.416 e. The molecule has 0 saturated heterocycles. The van der Waals surface area contributed by atoms with Crippen molar-refractivity contribution in [1.82, 2.24) is 25.1 Å². The molecule has 3 heterocycles. The van der Waals surface area contributed by atoms with Gasteiger partial charge >= 0.3 is 6.18 Å². The monoisotopic (exact) mass is 403 g/mol. The van der Waals surface area contributed by atoms with Gasteiger partial charge in [-0.25, -0.2) is 0 Å². The highest BCUT2D eigenvalue weighted by Gasteiger charge is 2.30. The number of carbonyl (C=O) groups is 1. The Bertz CT molecular complexity index is 1140. The average molecular weight is 403 g/mol. The van der Waals surface area contributed by atoms with Gasteiger partial charge in [0.15, 0.2) is 5.65 Å². The summed E-state index contributed by atoms with van der Waals surface area (Å²) < 4.78 is 40.5. The molecule has 0 radical (unpaired) electrons. The molecule has 4 rings (SSSR count). The number of nitrogens with one attached hydrogen (secondary N) is 1. The Morgan fingerprint density at radius 1 is 1.18 bits per heavy atom. The first-order chi connectivity index (χ1) is 13.4. The normalized spacial score (nSPS) is 11.7. The number of alkyl halides is 3. The Morgan fingerprint density at radius 2 is 2.04 bits per heavy atom. The predicted molar refractivity (Wildman–Crippen MR) is 96.7 cm³/mol. The van der Waals surface area contributed by atoms with Crippen LogP contribution in [0, 0.1) is 0 Å². The van der Waals surface area contributed by atoms with Crippen molar-refractivity contribution in [1.29, 1.82) is 0 Å². The van der Waals surface area contributed by atoms with Crippen molar-refractivity contribution in [2.24, 2.45) is 0 Å². The van der Waals surface area contributed by atoms with Gasteiger partial charge in [0.2, 0.25) is 0 Å². The third-order valence-corrected chi connectivity index (χ3v) is 4.88. The summed E-state index contributed by atoms with van der Waals surface area (Å²) in [4.78, 5) is 13.5. The van der Waals surface area contributed by atoms with Crippen molar-refractivity contribution in [2.45, 2.75) is 12.7 Å². The van der Waals surface area contributed by atoms with Crippen LogP contribution in [0.1, 0.15) is 20.9 Å². The summed E-state index contributed by atoms with van der Waals surface area (Å²) in [6.45, 7) is 0.331. The molecule has 0 spiro atoms. The molecule has 0 unspecified atom stereocenters. The van der Waals surface area contributed by atoms with Gasteiger partial charge in [-0.05, 0) is 35.2 Å². The van der Waals surface area contributed by atoms with Gasteiger partial charge in [0.25, 0.3) is 5.91 Å². The molecule has 10 heteroatoms. The SMILES string of the molecule is O=C(NCc1cccs1)c1cc(-c2cccc(C(F)(F)F)c2)c2nncn2n1. The highest BCUT2D eigenvalue weighted by Crippen LogP contribution is 2.33. The van der Waals surface area contributed by atoms with E-state index in [4.69, 9.17) is 0 Å². The highest BCUT2D eigenvalue weighted by molar-refractivity contribution is 7.09. The van der Waals surface area contributed by atoms with E-state index in [1.165, 1.54) is 40.4 Å². The Hall–Kier alpha value is -3.27. The van der Waals surface area contributed by atoms with Crippen LogP contribution in [-0.2, 0) is 12.7 Å². The lowest BCUT2D eigenvalue weighted by Crippen LogP contribution is -2.24. The molecular weight excluding hydrogens is 391 g/mol. The highest BCUT2D eigenvalue weighted by atomic mass is 32.1. The van der Waals surface area contributed by atoms with E-state index in [-0.39, 0.29) is 16.9 Å². The second-order valence-electron chi connectivity index (χ2n) is 5.88. The van der Waals surface area contributed by atoms with Crippen molar-refractivity contribution in [2.75, 3.05) is 0 Å². The molecule has 1 amide bonds. The predicted octanol–water partition coefficient (Wildman–Crippen LogP) is 3.80. The van der Waals surface area contributed by atoms with E-state index < -0.39 is 17.6 Å². The van der Waals surface area contributed by atoms with Crippen LogP contribution in [0.4, 0.5) is 13.2 Å². The maximum absolute atomic E-state index is 13.1. The summed E-state index contributed by atoms with van der Waals surface area (Å²) in [5.41, 5.74) is 0.121. The number of hydrogen-bond donors (Lipinski definition) is 1. The summed E-state index contributed by atoms with van der Waals surface area (Å²) >= 11 is 1.50. The second-order valence-corrected chi connectivity index (χ2v) is 6.92. The summed E-state index contributed by atoms with van der Waals surface area (Å²) in [7, 11) is 0. The van der Waals surface area contributed by atoms with Crippen molar-refractivity contribution < 1.29 is 18.0 Å². The number of benzene rings is 1. The summed E-state index contributed by atoms with van der Waals surface area (Å²) in [5, 5.41) is 16.5. The zero-order valence-corrected chi connectivity index (χ0v) is 15.0. The second kappa shape index (κ2) is 7.04. The number of rotatable bonds is 4. The molecule has 0 fully saturated rings. The maximum atomic E-state index is 13.1. The minimum atomic E-state index is -4.48. The number of halogens is 3. The van der Waals surface area contributed by atoms with Crippen molar-refractivity contribution in [3.05, 3.63) is 70.3 Å². The van der Waals surface area contributed by atoms with Crippen LogP contribution in [0.15, 0.2) is 54.2 Å². The Kier molecular flexibility index (Phi) is 4.55. The lowest BCUT2D eigenvalue weighted by Gasteiger charge is -2.10. The topological polar surface area (TPSA) is 72.2 Å². The quantitative estimate of drug-likeness (QED) is 0.563. The first-order valence-electron chi connectivity index (χ1n) is 8.11. The minimum Gasteiger partial charge on any atom is -0.346 e. The molecule has 4 aromatic rings. The molecule has 0 atom stereocenters. The van der Waals surface area contributed by atoms with E-state index in [9.17, 15) is 18.0 Å². The molecule has 6 nitrogen and oxygen atoms in total. The number of hydrogen-bond acceptors (Lipinski definition) is 5. The van der Waals surface area contributed by atoms with E-state index in [2.05, 4.69) is 20.6 Å². The van der Waals surface area contributed by atoms with Crippen LogP contribution in [0.3, 0.4) is 0 Å². The fraction of sp³-hybridized carbons (Fsp3) is 0.111. The van der Waals surface area contributed by atoms with E-state index >= 15 is 0 Å². The minimum absolute atomic E-state index is 0.0521. The lowest BCUT2D eigenvalue weighted by atomic mass is 10.0. The number of thiophene rings is 1. The van der Waals surface area contributed by atoms with Gasteiger partial charge in [-0.2, -0.15) is 22.8 Å². The molecule has 1 N–H and O–H groups in total. The van der Waals surface area contributed by atoms with Gasteiger partial charge in [0, 0.05) is 10.4 Å². The summed E-state index contributed by atoms with van der Waals surface area (Å²) in [5.74, 6) is -0.447. The fourth-order valence-electron chi connectivity index (χ4n) is 2.68. The molecule has 0 saturated carbocycles. The molecular formula is C18H12F3N5OS. The van der Waals surface area contributed by atoms with Gasteiger partial charge in [0.05, 0.1) is 12.1 Å². The molecule has 0 aliphatic rings. The van der Waals surface area contributed by atoms with Crippen LogP contribution < -0.4 is 5.32 Å².